The quantitative estimate of drug-likeness (QED) is 0.660. The number of methoxy groups -OCH3 is 2. The molecule has 2 aromatic rings. The van der Waals surface area contributed by atoms with E-state index in [2.05, 4.69) is 10.6 Å². The first-order valence-corrected chi connectivity index (χ1v) is 9.50. The Morgan fingerprint density at radius 3 is 2.17 bits per heavy atom. The van der Waals surface area contributed by atoms with Crippen molar-refractivity contribution < 1.29 is 23.8 Å². The summed E-state index contributed by atoms with van der Waals surface area (Å²) in [4.78, 5) is 25.8. The minimum Gasteiger partial charge on any atom is -0.493 e. The average Bonchev–Trinajstić information content (AvgIpc) is 3.51. The van der Waals surface area contributed by atoms with E-state index in [0.717, 1.165) is 0 Å². The summed E-state index contributed by atoms with van der Waals surface area (Å²) in [6, 6.07) is 12.3. The molecule has 0 radical (unpaired) electrons. The maximum Gasteiger partial charge on any atom is 0.240 e. The molecule has 0 bridgehead atoms. The van der Waals surface area contributed by atoms with Crippen LogP contribution in [0.4, 0.5) is 11.4 Å². The Morgan fingerprint density at radius 2 is 1.55 bits per heavy atom. The minimum atomic E-state index is -1.09. The molecular weight excluding hydrogens is 372 g/mol. The highest BCUT2D eigenvalue weighted by molar-refractivity contribution is 6.17. The van der Waals surface area contributed by atoms with Gasteiger partial charge >= 0.3 is 0 Å². The van der Waals surface area contributed by atoms with Crippen molar-refractivity contribution in [3.8, 4) is 17.2 Å². The average molecular weight is 398 g/mol. The number of nitrogens with one attached hydrogen (secondary N) is 2. The number of ether oxygens (including phenoxy) is 3. The second kappa shape index (κ2) is 8.43. The first kappa shape index (κ1) is 20.5. The molecule has 1 saturated carbocycles. The number of rotatable bonds is 8. The van der Waals surface area contributed by atoms with Gasteiger partial charge in [-0.2, -0.15) is 0 Å². The lowest BCUT2D eigenvalue weighted by Gasteiger charge is -2.19. The van der Waals surface area contributed by atoms with Crippen LogP contribution in [0.5, 0.6) is 17.2 Å². The molecule has 0 aromatic heterocycles. The molecule has 1 fully saturated rings. The van der Waals surface area contributed by atoms with Crippen LogP contribution >= 0.6 is 0 Å². The number of benzene rings is 2. The van der Waals surface area contributed by atoms with E-state index in [1.807, 2.05) is 26.0 Å². The summed E-state index contributed by atoms with van der Waals surface area (Å²) >= 11 is 0. The molecule has 0 aliphatic heterocycles. The fourth-order valence-corrected chi connectivity index (χ4v) is 3.02. The first-order chi connectivity index (χ1) is 13.9. The second-order valence-electron chi connectivity index (χ2n) is 7.22. The Hall–Kier alpha value is -3.22. The number of amides is 2. The normalized spacial score (nSPS) is 14.1. The molecule has 7 nitrogen and oxygen atoms in total. The van der Waals surface area contributed by atoms with Gasteiger partial charge in [-0.05, 0) is 51.0 Å². The molecule has 0 saturated heterocycles. The zero-order valence-corrected chi connectivity index (χ0v) is 17.1. The van der Waals surface area contributed by atoms with Crippen LogP contribution < -0.4 is 24.8 Å². The largest absolute Gasteiger partial charge is 0.493 e. The van der Waals surface area contributed by atoms with Crippen molar-refractivity contribution >= 4 is 23.2 Å². The van der Waals surface area contributed by atoms with Gasteiger partial charge in [0.2, 0.25) is 11.8 Å². The Bertz CT molecular complexity index is 906. The van der Waals surface area contributed by atoms with Crippen LogP contribution in [-0.2, 0) is 9.59 Å². The molecule has 2 amide bonds. The van der Waals surface area contributed by atoms with Crippen LogP contribution in [0.3, 0.4) is 0 Å². The van der Waals surface area contributed by atoms with Crippen LogP contribution in [0.2, 0.25) is 0 Å². The molecule has 29 heavy (non-hydrogen) atoms. The van der Waals surface area contributed by atoms with Crippen LogP contribution in [0.1, 0.15) is 26.7 Å². The molecule has 1 aliphatic rings. The van der Waals surface area contributed by atoms with E-state index < -0.39 is 5.41 Å². The van der Waals surface area contributed by atoms with E-state index in [-0.39, 0.29) is 17.9 Å². The molecule has 2 aromatic carbocycles. The number of carbonyl (C=O) groups is 2. The van der Waals surface area contributed by atoms with E-state index in [1.54, 1.807) is 37.4 Å². The van der Waals surface area contributed by atoms with Gasteiger partial charge in [-0.15, -0.1) is 0 Å². The third-order valence-corrected chi connectivity index (χ3v) is 4.76. The van der Waals surface area contributed by atoms with Crippen LogP contribution in [0.15, 0.2) is 42.5 Å². The van der Waals surface area contributed by atoms with Gasteiger partial charge in [-0.1, -0.05) is 12.1 Å². The molecule has 3 rings (SSSR count). The summed E-state index contributed by atoms with van der Waals surface area (Å²) in [5, 5.41) is 5.67. The molecule has 0 unspecified atom stereocenters. The lowest BCUT2D eigenvalue weighted by molar-refractivity contribution is -0.131. The molecule has 7 heteroatoms. The van der Waals surface area contributed by atoms with Gasteiger partial charge in [0.05, 0.1) is 26.0 Å². The number of hydrogen-bond donors (Lipinski definition) is 2. The predicted molar refractivity (Wildman–Crippen MR) is 111 cm³/mol. The number of para-hydroxylation sites is 2. The van der Waals surface area contributed by atoms with Gasteiger partial charge in [0.25, 0.3) is 0 Å². The monoisotopic (exact) mass is 398 g/mol. The number of hydrogen-bond acceptors (Lipinski definition) is 5. The molecule has 0 atom stereocenters. The fraction of sp³-hybridized carbons (Fsp3) is 0.364. The Balaban J connectivity index is 1.73. The van der Waals surface area contributed by atoms with E-state index in [1.165, 1.54) is 7.11 Å². The van der Waals surface area contributed by atoms with E-state index >= 15 is 0 Å². The van der Waals surface area contributed by atoms with Crippen LogP contribution in [-0.4, -0.2) is 32.1 Å². The van der Waals surface area contributed by atoms with E-state index in [0.29, 0.717) is 41.5 Å². The Morgan fingerprint density at radius 1 is 0.897 bits per heavy atom. The summed E-state index contributed by atoms with van der Waals surface area (Å²) in [7, 11) is 3.07. The zero-order valence-electron chi connectivity index (χ0n) is 17.1. The highest BCUT2D eigenvalue weighted by Crippen LogP contribution is 2.48. The fourth-order valence-electron chi connectivity index (χ4n) is 3.02. The molecule has 1 aliphatic carbocycles. The van der Waals surface area contributed by atoms with E-state index in [9.17, 15) is 9.59 Å². The third kappa shape index (κ3) is 4.45. The standard InChI is InChI=1S/C22H26N2O5/c1-14(2)29-17-8-6-5-7-16(17)24-21(26)22(11-12-22)20(25)23-15-9-10-18(27-3)19(13-15)28-4/h5-10,13-14H,11-12H2,1-4H3,(H,23,25)(H,24,26). The lowest BCUT2D eigenvalue weighted by Crippen LogP contribution is -2.35. The summed E-state index contributed by atoms with van der Waals surface area (Å²) in [5.41, 5.74) is 0.00428. The minimum absolute atomic E-state index is 0.0312. The summed E-state index contributed by atoms with van der Waals surface area (Å²) in [6.07, 6.45) is 0.951. The first-order valence-electron chi connectivity index (χ1n) is 9.50. The van der Waals surface area contributed by atoms with Gasteiger partial charge in [-0.3, -0.25) is 9.59 Å². The van der Waals surface area contributed by atoms with Crippen LogP contribution in [0.25, 0.3) is 0 Å². The molecule has 2 N–H and O–H groups in total. The second-order valence-corrected chi connectivity index (χ2v) is 7.22. The third-order valence-electron chi connectivity index (χ3n) is 4.76. The summed E-state index contributed by atoms with van der Waals surface area (Å²) in [5.74, 6) is 0.956. The molecule has 0 heterocycles. The molecule has 154 valence electrons. The SMILES string of the molecule is COc1ccc(NC(=O)C2(C(=O)Nc3ccccc3OC(C)C)CC2)cc1OC. The number of carbonyl (C=O) groups excluding carboxylic acids is 2. The smallest absolute Gasteiger partial charge is 0.240 e. The van der Waals surface area contributed by atoms with Gasteiger partial charge < -0.3 is 24.8 Å². The Kier molecular flexibility index (Phi) is 5.96. The number of anilines is 2. The van der Waals surface area contributed by atoms with Gasteiger partial charge in [0, 0.05) is 11.8 Å². The van der Waals surface area contributed by atoms with Gasteiger partial charge in [0.15, 0.2) is 11.5 Å². The van der Waals surface area contributed by atoms with E-state index in [4.69, 9.17) is 14.2 Å². The van der Waals surface area contributed by atoms with Crippen LogP contribution in [0, 0.1) is 5.41 Å². The van der Waals surface area contributed by atoms with Crippen molar-refractivity contribution in [3.05, 3.63) is 42.5 Å². The van der Waals surface area contributed by atoms with Crippen molar-refractivity contribution in [2.45, 2.75) is 32.8 Å². The van der Waals surface area contributed by atoms with Crippen molar-refractivity contribution in [1.82, 2.24) is 0 Å². The topological polar surface area (TPSA) is 85.9 Å². The van der Waals surface area contributed by atoms with Crippen molar-refractivity contribution in [1.29, 1.82) is 0 Å². The Labute approximate surface area is 170 Å². The van der Waals surface area contributed by atoms with Crippen molar-refractivity contribution in [2.75, 3.05) is 24.9 Å². The highest BCUT2D eigenvalue weighted by atomic mass is 16.5. The van der Waals surface area contributed by atoms with Gasteiger partial charge in [0.1, 0.15) is 11.2 Å². The summed E-state index contributed by atoms with van der Waals surface area (Å²) in [6.45, 7) is 3.83. The summed E-state index contributed by atoms with van der Waals surface area (Å²) < 4.78 is 16.2. The predicted octanol–water partition coefficient (Wildman–Crippen LogP) is 3.85. The lowest BCUT2D eigenvalue weighted by atomic mass is 10.0. The highest BCUT2D eigenvalue weighted by Gasteiger charge is 2.56. The molecular formula is C22H26N2O5. The van der Waals surface area contributed by atoms with Crippen molar-refractivity contribution in [3.63, 3.8) is 0 Å². The molecule has 0 spiro atoms. The maximum atomic E-state index is 12.9. The van der Waals surface area contributed by atoms with Gasteiger partial charge in [-0.25, -0.2) is 0 Å². The zero-order chi connectivity index (χ0) is 21.0. The van der Waals surface area contributed by atoms with Crippen molar-refractivity contribution in [2.24, 2.45) is 5.41 Å². The maximum absolute atomic E-state index is 12.9.